The molecule has 150 valence electrons. The summed E-state index contributed by atoms with van der Waals surface area (Å²) >= 11 is 1.72. The van der Waals surface area contributed by atoms with Crippen LogP contribution in [-0.2, 0) is 4.79 Å². The van der Waals surface area contributed by atoms with Gasteiger partial charge in [-0.25, -0.2) is 0 Å². The molecule has 2 heterocycles. The number of nitrogens with one attached hydrogen (secondary N) is 1. The Morgan fingerprint density at radius 3 is 2.38 bits per heavy atom. The normalized spacial score (nSPS) is 22.0. The van der Waals surface area contributed by atoms with E-state index in [1.165, 1.54) is 5.56 Å². The summed E-state index contributed by atoms with van der Waals surface area (Å²) in [6.07, 6.45) is 1.10. The van der Waals surface area contributed by atoms with Crippen molar-refractivity contribution in [3.05, 3.63) is 59.7 Å². The van der Waals surface area contributed by atoms with Gasteiger partial charge in [0.1, 0.15) is 11.0 Å². The maximum atomic E-state index is 13.0. The predicted molar refractivity (Wildman–Crippen MR) is 112 cm³/mol. The number of piperazine rings is 1. The van der Waals surface area contributed by atoms with Gasteiger partial charge in [0.05, 0.1) is 0 Å². The number of carbonyl (C=O) groups is 2. The summed E-state index contributed by atoms with van der Waals surface area (Å²) in [5.74, 6) is -0.189. The molecule has 1 aliphatic carbocycles. The Balaban J connectivity index is 1.24. The molecule has 3 aliphatic rings. The molecule has 1 saturated carbocycles. The van der Waals surface area contributed by atoms with Crippen molar-refractivity contribution in [2.45, 2.75) is 28.7 Å². The molecule has 7 heteroatoms. The maximum absolute atomic E-state index is 13.0. The molecule has 2 fully saturated rings. The Labute approximate surface area is 173 Å². The lowest BCUT2D eigenvalue weighted by atomic mass is 10.1. The first kappa shape index (κ1) is 18.5. The van der Waals surface area contributed by atoms with Gasteiger partial charge in [-0.3, -0.25) is 9.59 Å². The third-order valence-electron chi connectivity index (χ3n) is 5.84. The molecule has 2 amide bonds. The molecule has 1 saturated heterocycles. The zero-order valence-electron chi connectivity index (χ0n) is 16.0. The van der Waals surface area contributed by atoms with Gasteiger partial charge >= 0.3 is 0 Å². The van der Waals surface area contributed by atoms with E-state index in [-0.39, 0.29) is 17.2 Å². The van der Waals surface area contributed by atoms with Gasteiger partial charge < -0.3 is 20.2 Å². The standard InChI is InChI=1S/C22H23N3O3S/c26-20(24-10-12-25(13-11-24)21(27)22(28)8-9-22)16-6-7-17-18(14-16)29-19(23-17)15-4-2-1-3-5-15/h1-7,14,19,23,28H,8-13H2. The monoisotopic (exact) mass is 409 g/mol. The molecular weight excluding hydrogens is 386 g/mol. The molecule has 2 aromatic rings. The molecule has 1 unspecified atom stereocenters. The summed E-state index contributed by atoms with van der Waals surface area (Å²) in [7, 11) is 0. The van der Waals surface area contributed by atoms with Crippen molar-refractivity contribution in [3.8, 4) is 0 Å². The van der Waals surface area contributed by atoms with Gasteiger partial charge in [-0.05, 0) is 36.6 Å². The topological polar surface area (TPSA) is 72.9 Å². The summed E-state index contributed by atoms with van der Waals surface area (Å²) in [5, 5.41) is 13.7. The second kappa shape index (κ2) is 7.07. The van der Waals surface area contributed by atoms with Crippen molar-refractivity contribution < 1.29 is 14.7 Å². The van der Waals surface area contributed by atoms with Crippen LogP contribution in [0.25, 0.3) is 0 Å². The Morgan fingerprint density at radius 2 is 1.69 bits per heavy atom. The average Bonchev–Trinajstić information content (AvgIpc) is 3.37. The van der Waals surface area contributed by atoms with E-state index in [0.717, 1.165) is 10.6 Å². The summed E-state index contributed by atoms with van der Waals surface area (Å²) in [6, 6.07) is 16.1. The number of thioether (sulfide) groups is 1. The van der Waals surface area contributed by atoms with Crippen LogP contribution in [0.4, 0.5) is 5.69 Å². The number of hydrogen-bond donors (Lipinski definition) is 2. The largest absolute Gasteiger partial charge is 0.380 e. The van der Waals surface area contributed by atoms with Crippen molar-refractivity contribution in [1.29, 1.82) is 0 Å². The van der Waals surface area contributed by atoms with E-state index in [4.69, 9.17) is 0 Å². The molecule has 5 rings (SSSR count). The Kier molecular flexibility index (Phi) is 4.52. The highest BCUT2D eigenvalue weighted by molar-refractivity contribution is 8.00. The lowest BCUT2D eigenvalue weighted by molar-refractivity contribution is -0.143. The zero-order chi connectivity index (χ0) is 20.0. The van der Waals surface area contributed by atoms with Crippen LogP contribution in [0.15, 0.2) is 53.4 Å². The Hall–Kier alpha value is -2.51. The SMILES string of the molecule is O=C(c1ccc2c(c1)SC(c1ccccc1)N2)N1CCN(C(=O)C2(O)CC2)CC1. The second-order valence-corrected chi connectivity index (χ2v) is 9.03. The first-order valence-electron chi connectivity index (χ1n) is 9.97. The van der Waals surface area contributed by atoms with Crippen LogP contribution in [0.5, 0.6) is 0 Å². The fourth-order valence-electron chi connectivity index (χ4n) is 3.87. The van der Waals surface area contributed by atoms with E-state index in [0.29, 0.717) is 44.6 Å². The number of nitrogens with zero attached hydrogens (tertiary/aromatic N) is 2. The summed E-state index contributed by atoms with van der Waals surface area (Å²) in [4.78, 5) is 29.8. The van der Waals surface area contributed by atoms with Crippen LogP contribution in [0.1, 0.15) is 34.1 Å². The van der Waals surface area contributed by atoms with E-state index in [9.17, 15) is 14.7 Å². The number of aliphatic hydroxyl groups is 1. The van der Waals surface area contributed by atoms with Crippen molar-refractivity contribution >= 4 is 29.3 Å². The van der Waals surface area contributed by atoms with Gasteiger partial charge in [-0.15, -0.1) is 0 Å². The number of benzene rings is 2. The zero-order valence-corrected chi connectivity index (χ0v) is 16.8. The van der Waals surface area contributed by atoms with Crippen LogP contribution in [0.3, 0.4) is 0 Å². The lowest BCUT2D eigenvalue weighted by Gasteiger charge is -2.35. The van der Waals surface area contributed by atoms with E-state index >= 15 is 0 Å². The van der Waals surface area contributed by atoms with Gasteiger partial charge in [-0.2, -0.15) is 0 Å². The number of hydrogen-bond acceptors (Lipinski definition) is 5. The van der Waals surface area contributed by atoms with Crippen LogP contribution in [-0.4, -0.2) is 58.5 Å². The van der Waals surface area contributed by atoms with E-state index in [1.807, 2.05) is 36.4 Å². The van der Waals surface area contributed by atoms with Crippen LogP contribution in [0.2, 0.25) is 0 Å². The highest BCUT2D eigenvalue weighted by Crippen LogP contribution is 2.46. The molecule has 2 aliphatic heterocycles. The highest BCUT2D eigenvalue weighted by Gasteiger charge is 2.50. The van der Waals surface area contributed by atoms with Gasteiger partial charge in [0.25, 0.3) is 11.8 Å². The molecule has 0 radical (unpaired) electrons. The Morgan fingerprint density at radius 1 is 1.00 bits per heavy atom. The quantitative estimate of drug-likeness (QED) is 0.816. The fraction of sp³-hybridized carbons (Fsp3) is 0.364. The first-order chi connectivity index (χ1) is 14.0. The van der Waals surface area contributed by atoms with Gasteiger partial charge in [-0.1, -0.05) is 42.1 Å². The third-order valence-corrected chi connectivity index (χ3v) is 7.06. The predicted octanol–water partition coefficient (Wildman–Crippen LogP) is 2.71. The van der Waals surface area contributed by atoms with Crippen LogP contribution >= 0.6 is 11.8 Å². The van der Waals surface area contributed by atoms with Gasteiger partial charge in [0.15, 0.2) is 0 Å². The summed E-state index contributed by atoms with van der Waals surface area (Å²) < 4.78 is 0. The first-order valence-corrected chi connectivity index (χ1v) is 10.8. The number of anilines is 1. The molecule has 1 atom stereocenters. The molecule has 2 N–H and O–H groups in total. The molecule has 6 nitrogen and oxygen atoms in total. The van der Waals surface area contributed by atoms with Crippen molar-refractivity contribution in [3.63, 3.8) is 0 Å². The third kappa shape index (κ3) is 3.49. The minimum absolute atomic E-state index is 0.00575. The van der Waals surface area contributed by atoms with Crippen LogP contribution < -0.4 is 5.32 Å². The smallest absolute Gasteiger partial charge is 0.254 e. The molecular formula is C22H23N3O3S. The fourth-order valence-corrected chi connectivity index (χ4v) is 5.05. The highest BCUT2D eigenvalue weighted by atomic mass is 32.2. The summed E-state index contributed by atoms with van der Waals surface area (Å²) in [6.45, 7) is 1.94. The molecule has 0 spiro atoms. The number of fused-ring (bicyclic) bond motifs is 1. The lowest BCUT2D eigenvalue weighted by Crippen LogP contribution is -2.53. The average molecular weight is 410 g/mol. The van der Waals surface area contributed by atoms with E-state index in [1.54, 1.807) is 21.6 Å². The molecule has 2 aromatic carbocycles. The van der Waals surface area contributed by atoms with E-state index < -0.39 is 5.60 Å². The van der Waals surface area contributed by atoms with E-state index in [2.05, 4.69) is 17.4 Å². The Bertz CT molecular complexity index is 953. The number of rotatable bonds is 3. The molecule has 0 bridgehead atoms. The second-order valence-electron chi connectivity index (χ2n) is 7.88. The summed E-state index contributed by atoms with van der Waals surface area (Å²) in [5.41, 5.74) is 1.80. The van der Waals surface area contributed by atoms with Crippen LogP contribution in [0, 0.1) is 0 Å². The minimum atomic E-state index is -1.13. The number of amides is 2. The van der Waals surface area contributed by atoms with Crippen molar-refractivity contribution in [1.82, 2.24) is 9.80 Å². The molecule has 29 heavy (non-hydrogen) atoms. The van der Waals surface area contributed by atoms with Crippen molar-refractivity contribution in [2.24, 2.45) is 0 Å². The maximum Gasteiger partial charge on any atom is 0.254 e. The minimum Gasteiger partial charge on any atom is -0.380 e. The van der Waals surface area contributed by atoms with Crippen molar-refractivity contribution in [2.75, 3.05) is 31.5 Å². The van der Waals surface area contributed by atoms with Gasteiger partial charge in [0.2, 0.25) is 0 Å². The number of carbonyl (C=O) groups excluding carboxylic acids is 2. The van der Waals surface area contributed by atoms with Gasteiger partial charge in [0, 0.05) is 42.3 Å². The molecule has 0 aromatic heterocycles.